The van der Waals surface area contributed by atoms with E-state index < -0.39 is 18.2 Å². The summed E-state index contributed by atoms with van der Waals surface area (Å²) in [5.74, 6) is 0.476. The maximum atomic E-state index is 12.5. The first-order valence-corrected chi connectivity index (χ1v) is 8.41. The number of hydrogen-bond donors (Lipinski definition) is 0. The Kier molecular flexibility index (Phi) is 6.50. The zero-order valence-corrected chi connectivity index (χ0v) is 13.0. The molecular weight excluding hydrogens is 318 g/mol. The topological polar surface area (TPSA) is 81.9 Å². The van der Waals surface area contributed by atoms with Crippen molar-refractivity contribution in [3.8, 4) is 0 Å². The summed E-state index contributed by atoms with van der Waals surface area (Å²) < 4.78 is 24.3. The minimum Gasteiger partial charge on any atom is -0.289 e. The molecule has 1 fully saturated rings. The fourth-order valence-electron chi connectivity index (χ4n) is 1.64. The van der Waals surface area contributed by atoms with Crippen molar-refractivity contribution in [2.75, 3.05) is 38.1 Å². The normalized spacial score (nSPS) is 31.6. The maximum Gasteiger partial charge on any atom is 0.408 e. The second kappa shape index (κ2) is 7.20. The average molecular weight is 335 g/mol. The highest BCUT2D eigenvalue weighted by molar-refractivity contribution is 7.51. The van der Waals surface area contributed by atoms with Crippen molar-refractivity contribution in [3.63, 3.8) is 0 Å². The van der Waals surface area contributed by atoms with Crippen molar-refractivity contribution in [1.82, 2.24) is 4.67 Å². The highest BCUT2D eigenvalue weighted by Crippen LogP contribution is 2.55. The Morgan fingerprint density at radius 2 is 1.79 bits per heavy atom. The van der Waals surface area contributed by atoms with Crippen molar-refractivity contribution >= 4 is 30.9 Å². The molecule has 1 saturated heterocycles. The molecule has 0 saturated carbocycles. The van der Waals surface area contributed by atoms with Gasteiger partial charge in [0.15, 0.2) is 0 Å². The maximum absolute atomic E-state index is 12.5. The lowest BCUT2D eigenvalue weighted by molar-refractivity contribution is -0.578. The predicted molar refractivity (Wildman–Crippen MR) is 72.5 cm³/mol. The molecule has 7 nitrogen and oxygen atoms in total. The molecule has 1 aliphatic rings. The van der Waals surface area contributed by atoms with Gasteiger partial charge in [0.2, 0.25) is 0 Å². The molecule has 0 spiro atoms. The summed E-state index contributed by atoms with van der Waals surface area (Å²) in [7, 11) is -3.53. The largest absolute Gasteiger partial charge is 0.408 e. The molecule has 1 aliphatic heterocycles. The SMILES string of the molecule is CCC1([N+](=O)[O-])COP(=O)(N(CCCl)CCCl)OC1. The molecule has 112 valence electrons. The van der Waals surface area contributed by atoms with Gasteiger partial charge < -0.3 is 0 Å². The van der Waals surface area contributed by atoms with Gasteiger partial charge in [-0.05, 0) is 0 Å². The van der Waals surface area contributed by atoms with Crippen LogP contribution in [-0.4, -0.2) is 53.2 Å². The van der Waals surface area contributed by atoms with Crippen molar-refractivity contribution in [3.05, 3.63) is 10.1 Å². The summed E-state index contributed by atoms with van der Waals surface area (Å²) in [5.41, 5.74) is -1.33. The van der Waals surface area contributed by atoms with Gasteiger partial charge in [-0.15, -0.1) is 23.2 Å². The van der Waals surface area contributed by atoms with Crippen LogP contribution in [0.15, 0.2) is 0 Å². The predicted octanol–water partition coefficient (Wildman–Crippen LogP) is 2.35. The molecule has 0 radical (unpaired) electrons. The molecule has 0 aromatic rings. The molecule has 0 bridgehead atoms. The van der Waals surface area contributed by atoms with Gasteiger partial charge in [-0.25, -0.2) is 9.24 Å². The highest BCUT2D eigenvalue weighted by atomic mass is 35.5. The number of alkyl halides is 2. The number of hydrogen-bond acceptors (Lipinski definition) is 5. The fourth-order valence-corrected chi connectivity index (χ4v) is 4.18. The summed E-state index contributed by atoms with van der Waals surface area (Å²) in [4.78, 5) is 10.6. The van der Waals surface area contributed by atoms with E-state index in [2.05, 4.69) is 0 Å². The van der Waals surface area contributed by atoms with Gasteiger partial charge in [-0.1, -0.05) is 6.92 Å². The molecule has 0 N–H and O–H groups in total. The zero-order chi connectivity index (χ0) is 14.5. The molecule has 1 rings (SSSR count). The van der Waals surface area contributed by atoms with Crippen LogP contribution in [0.5, 0.6) is 0 Å². The van der Waals surface area contributed by atoms with Gasteiger partial charge in [0, 0.05) is 36.2 Å². The fraction of sp³-hybridized carbons (Fsp3) is 1.00. The van der Waals surface area contributed by atoms with Crippen molar-refractivity contribution in [1.29, 1.82) is 0 Å². The molecule has 1 heterocycles. The van der Waals surface area contributed by atoms with Crippen molar-refractivity contribution in [2.24, 2.45) is 0 Å². The van der Waals surface area contributed by atoms with Crippen LogP contribution in [-0.2, 0) is 13.6 Å². The third kappa shape index (κ3) is 3.80. The molecule has 0 aromatic heterocycles. The first-order valence-electron chi connectivity index (χ1n) is 5.85. The summed E-state index contributed by atoms with van der Waals surface area (Å²) in [6, 6.07) is 0. The first-order chi connectivity index (χ1) is 8.94. The Bertz CT molecular complexity index is 353. The van der Waals surface area contributed by atoms with Crippen LogP contribution < -0.4 is 0 Å². The van der Waals surface area contributed by atoms with Crippen LogP contribution in [0.4, 0.5) is 0 Å². The Morgan fingerprint density at radius 3 is 2.11 bits per heavy atom. The summed E-state index contributed by atoms with van der Waals surface area (Å²) in [6.07, 6.45) is 0.241. The van der Waals surface area contributed by atoms with E-state index >= 15 is 0 Å². The van der Waals surface area contributed by atoms with Gasteiger partial charge in [0.1, 0.15) is 13.2 Å². The van der Waals surface area contributed by atoms with Crippen molar-refractivity contribution < 1.29 is 18.5 Å². The number of nitrogens with zero attached hydrogens (tertiary/aromatic N) is 2. The van der Waals surface area contributed by atoms with E-state index in [4.69, 9.17) is 32.2 Å². The quantitative estimate of drug-likeness (QED) is 0.307. The summed E-state index contributed by atoms with van der Waals surface area (Å²) in [6.45, 7) is 1.75. The zero-order valence-electron chi connectivity index (χ0n) is 10.6. The lowest BCUT2D eigenvalue weighted by Gasteiger charge is -2.36. The molecule has 0 amide bonds. The van der Waals surface area contributed by atoms with Crippen LogP contribution in [0.3, 0.4) is 0 Å². The third-order valence-corrected chi connectivity index (χ3v) is 5.41. The summed E-state index contributed by atoms with van der Waals surface area (Å²) >= 11 is 11.2. The summed E-state index contributed by atoms with van der Waals surface area (Å²) in [5, 5.41) is 11.0. The van der Waals surface area contributed by atoms with E-state index in [9.17, 15) is 14.7 Å². The van der Waals surface area contributed by atoms with E-state index in [1.807, 2.05) is 0 Å². The molecular formula is C9H17Cl2N2O5P. The van der Waals surface area contributed by atoms with Crippen LogP contribution in [0.1, 0.15) is 13.3 Å². The Labute approximate surface area is 121 Å². The molecule has 0 aromatic carbocycles. The minimum atomic E-state index is -3.53. The standard InChI is InChI=1S/C9H17Cl2N2O5P/c1-2-9(13(14)15)7-17-19(16,18-8-9)12(5-3-10)6-4-11/h2-8H2,1H3. The van der Waals surface area contributed by atoms with E-state index in [1.54, 1.807) is 6.92 Å². The average Bonchev–Trinajstić information content (AvgIpc) is 2.39. The lowest BCUT2D eigenvalue weighted by atomic mass is 10.0. The number of nitro groups is 1. The van der Waals surface area contributed by atoms with Gasteiger partial charge >= 0.3 is 7.75 Å². The Morgan fingerprint density at radius 1 is 1.32 bits per heavy atom. The molecule has 10 heteroatoms. The van der Waals surface area contributed by atoms with Crippen LogP contribution >= 0.6 is 30.9 Å². The van der Waals surface area contributed by atoms with Crippen molar-refractivity contribution in [2.45, 2.75) is 18.9 Å². The van der Waals surface area contributed by atoms with E-state index in [1.165, 1.54) is 4.67 Å². The third-order valence-electron chi connectivity index (χ3n) is 3.07. The van der Waals surface area contributed by atoms with E-state index in [0.29, 0.717) is 0 Å². The monoisotopic (exact) mass is 334 g/mol. The highest BCUT2D eigenvalue weighted by Gasteiger charge is 2.52. The van der Waals surface area contributed by atoms with Gasteiger partial charge in [0.05, 0.1) is 0 Å². The molecule has 19 heavy (non-hydrogen) atoms. The van der Waals surface area contributed by atoms with Gasteiger partial charge in [-0.3, -0.25) is 19.2 Å². The van der Waals surface area contributed by atoms with Crippen LogP contribution in [0, 0.1) is 10.1 Å². The van der Waals surface area contributed by atoms with Gasteiger partial charge in [-0.2, -0.15) is 0 Å². The first kappa shape index (κ1) is 17.1. The molecule has 0 unspecified atom stereocenters. The van der Waals surface area contributed by atoms with Crippen LogP contribution in [0.25, 0.3) is 0 Å². The van der Waals surface area contributed by atoms with E-state index in [-0.39, 0.29) is 44.5 Å². The second-order valence-electron chi connectivity index (χ2n) is 4.18. The van der Waals surface area contributed by atoms with Crippen LogP contribution in [0.2, 0.25) is 0 Å². The number of rotatable bonds is 7. The lowest BCUT2D eigenvalue weighted by Crippen LogP contribution is -2.50. The second-order valence-corrected chi connectivity index (χ2v) is 6.96. The molecule has 0 aliphatic carbocycles. The van der Waals surface area contributed by atoms with E-state index in [0.717, 1.165) is 0 Å². The molecule has 0 atom stereocenters. The van der Waals surface area contributed by atoms with Gasteiger partial charge in [0.25, 0.3) is 5.54 Å². The Balaban J connectivity index is 2.78. The number of halogens is 2. The Hall–Kier alpha value is 0.0900. The smallest absolute Gasteiger partial charge is 0.289 e. The minimum absolute atomic E-state index is 0.238.